The van der Waals surface area contributed by atoms with E-state index in [1.54, 1.807) is 24.3 Å². The van der Waals surface area contributed by atoms with Crippen LogP contribution >= 0.6 is 0 Å². The van der Waals surface area contributed by atoms with Gasteiger partial charge in [-0.25, -0.2) is 0 Å². The van der Waals surface area contributed by atoms with Crippen LogP contribution in [-0.2, 0) is 11.2 Å². The maximum atomic E-state index is 12.4. The molecule has 1 heterocycles. The molecular formula is C15H19N3O. The fourth-order valence-electron chi connectivity index (χ4n) is 2.67. The zero-order chi connectivity index (χ0) is 13.7. The Kier molecular flexibility index (Phi) is 4.16. The van der Waals surface area contributed by atoms with Gasteiger partial charge in [0.15, 0.2) is 0 Å². The highest BCUT2D eigenvalue weighted by Gasteiger charge is 2.42. The fraction of sp³-hybridized carbons (Fsp3) is 0.533. The first-order valence-electron chi connectivity index (χ1n) is 6.74. The predicted molar refractivity (Wildman–Crippen MR) is 72.1 cm³/mol. The highest BCUT2D eigenvalue weighted by atomic mass is 16.2. The summed E-state index contributed by atoms with van der Waals surface area (Å²) in [5.74, 6) is -0.0124. The number of likely N-dealkylation sites (N-methyl/N-ethyl adjacent to an activating group) is 1. The summed E-state index contributed by atoms with van der Waals surface area (Å²) in [6.45, 7) is 0.645. The third kappa shape index (κ3) is 2.93. The molecule has 0 saturated heterocycles. The zero-order valence-corrected chi connectivity index (χ0v) is 11.3. The first-order valence-corrected chi connectivity index (χ1v) is 6.74. The molecule has 4 nitrogen and oxygen atoms in total. The van der Waals surface area contributed by atoms with Gasteiger partial charge in [0.1, 0.15) is 5.41 Å². The smallest absolute Gasteiger partial charge is 0.242 e. The third-order valence-corrected chi connectivity index (χ3v) is 3.91. The topological polar surface area (TPSA) is 57.0 Å². The first-order chi connectivity index (χ1) is 9.18. The van der Waals surface area contributed by atoms with Crippen molar-refractivity contribution in [1.82, 2.24) is 9.88 Å². The van der Waals surface area contributed by atoms with Gasteiger partial charge < -0.3 is 4.90 Å². The molecule has 0 N–H and O–H groups in total. The Morgan fingerprint density at radius 1 is 1.42 bits per heavy atom. The van der Waals surface area contributed by atoms with E-state index in [1.165, 1.54) is 0 Å². The van der Waals surface area contributed by atoms with Crippen molar-refractivity contribution in [3.8, 4) is 6.07 Å². The first kappa shape index (κ1) is 13.5. The van der Waals surface area contributed by atoms with Crippen molar-refractivity contribution in [1.29, 1.82) is 5.26 Å². The molecule has 0 spiro atoms. The monoisotopic (exact) mass is 257 g/mol. The average Bonchev–Trinajstić information content (AvgIpc) is 2.95. The normalized spacial score (nSPS) is 16.8. The highest BCUT2D eigenvalue weighted by Crippen LogP contribution is 2.38. The standard InChI is InChI=1S/C15H19N3O/c1-18(11-6-13-4-9-17-10-5-13)14(19)15(12-16)7-2-3-8-15/h4-5,9-10H,2-3,6-8,11H2,1H3. The number of pyridine rings is 1. The molecule has 2 rings (SSSR count). The van der Waals surface area contributed by atoms with Crippen LogP contribution in [0.2, 0.25) is 0 Å². The van der Waals surface area contributed by atoms with Crippen LogP contribution < -0.4 is 0 Å². The van der Waals surface area contributed by atoms with E-state index in [4.69, 9.17) is 0 Å². The van der Waals surface area contributed by atoms with Crippen molar-refractivity contribution in [2.75, 3.05) is 13.6 Å². The summed E-state index contributed by atoms with van der Waals surface area (Å²) in [6, 6.07) is 6.16. The van der Waals surface area contributed by atoms with Gasteiger partial charge in [-0.3, -0.25) is 9.78 Å². The van der Waals surface area contributed by atoms with Crippen LogP contribution in [0.3, 0.4) is 0 Å². The molecule has 4 heteroatoms. The van der Waals surface area contributed by atoms with Gasteiger partial charge in [-0.15, -0.1) is 0 Å². The predicted octanol–water partition coefficient (Wildman–Crippen LogP) is 2.17. The van der Waals surface area contributed by atoms with E-state index in [0.717, 1.165) is 24.8 Å². The Balaban J connectivity index is 1.94. The van der Waals surface area contributed by atoms with Gasteiger partial charge in [0.2, 0.25) is 5.91 Å². The Bertz CT molecular complexity index is 472. The largest absolute Gasteiger partial charge is 0.344 e. The molecule has 0 aromatic carbocycles. The summed E-state index contributed by atoms with van der Waals surface area (Å²) in [4.78, 5) is 18.1. The molecule has 100 valence electrons. The van der Waals surface area contributed by atoms with Crippen molar-refractivity contribution in [3.05, 3.63) is 30.1 Å². The van der Waals surface area contributed by atoms with Crippen LogP contribution in [0, 0.1) is 16.7 Å². The van der Waals surface area contributed by atoms with E-state index in [2.05, 4.69) is 11.1 Å². The fourth-order valence-corrected chi connectivity index (χ4v) is 2.67. The lowest BCUT2D eigenvalue weighted by molar-refractivity contribution is -0.137. The lowest BCUT2D eigenvalue weighted by Gasteiger charge is -2.26. The minimum atomic E-state index is -0.757. The Morgan fingerprint density at radius 2 is 2.05 bits per heavy atom. The minimum absolute atomic E-state index is 0.0124. The van der Waals surface area contributed by atoms with Crippen molar-refractivity contribution in [3.63, 3.8) is 0 Å². The van der Waals surface area contributed by atoms with Gasteiger partial charge in [-0.05, 0) is 37.0 Å². The lowest BCUT2D eigenvalue weighted by Crippen LogP contribution is -2.40. The number of hydrogen-bond acceptors (Lipinski definition) is 3. The van der Waals surface area contributed by atoms with Crippen LogP contribution in [0.5, 0.6) is 0 Å². The molecule has 0 atom stereocenters. The van der Waals surface area contributed by atoms with E-state index < -0.39 is 5.41 Å². The van der Waals surface area contributed by atoms with E-state index in [9.17, 15) is 10.1 Å². The molecule has 0 bridgehead atoms. The second-order valence-corrected chi connectivity index (χ2v) is 5.23. The summed E-state index contributed by atoms with van der Waals surface area (Å²) in [5, 5.41) is 9.32. The molecule has 0 unspecified atom stereocenters. The number of amides is 1. The van der Waals surface area contributed by atoms with Gasteiger partial charge >= 0.3 is 0 Å². The van der Waals surface area contributed by atoms with Crippen LogP contribution in [0.4, 0.5) is 0 Å². The number of nitriles is 1. The van der Waals surface area contributed by atoms with Crippen molar-refractivity contribution < 1.29 is 4.79 Å². The number of hydrogen-bond donors (Lipinski definition) is 0. The van der Waals surface area contributed by atoms with Crippen LogP contribution in [0.25, 0.3) is 0 Å². The third-order valence-electron chi connectivity index (χ3n) is 3.91. The second-order valence-electron chi connectivity index (χ2n) is 5.23. The van der Waals surface area contributed by atoms with Gasteiger partial charge in [0, 0.05) is 26.0 Å². The Labute approximate surface area is 114 Å². The molecular weight excluding hydrogens is 238 g/mol. The van der Waals surface area contributed by atoms with Gasteiger partial charge in [0.25, 0.3) is 0 Å². The Morgan fingerprint density at radius 3 is 2.63 bits per heavy atom. The summed E-state index contributed by atoms with van der Waals surface area (Å²) in [5.41, 5.74) is 0.402. The quantitative estimate of drug-likeness (QED) is 0.830. The van der Waals surface area contributed by atoms with Crippen LogP contribution in [0.15, 0.2) is 24.5 Å². The van der Waals surface area contributed by atoms with Crippen LogP contribution in [0.1, 0.15) is 31.2 Å². The summed E-state index contributed by atoms with van der Waals surface area (Å²) < 4.78 is 0. The molecule has 1 aliphatic carbocycles. The number of aromatic nitrogens is 1. The van der Waals surface area contributed by atoms with Gasteiger partial charge in [-0.2, -0.15) is 5.26 Å². The molecule has 1 fully saturated rings. The molecule has 0 radical (unpaired) electrons. The highest BCUT2D eigenvalue weighted by molar-refractivity contribution is 5.85. The molecule has 1 aliphatic rings. The van der Waals surface area contributed by atoms with E-state index in [0.29, 0.717) is 19.4 Å². The van der Waals surface area contributed by atoms with E-state index in [1.807, 2.05) is 12.1 Å². The Hall–Kier alpha value is -1.89. The maximum absolute atomic E-state index is 12.4. The summed E-state index contributed by atoms with van der Waals surface area (Å²) >= 11 is 0. The van der Waals surface area contributed by atoms with Crippen LogP contribution in [-0.4, -0.2) is 29.4 Å². The number of carbonyl (C=O) groups is 1. The average molecular weight is 257 g/mol. The molecule has 1 aromatic heterocycles. The molecule has 1 amide bonds. The maximum Gasteiger partial charge on any atom is 0.242 e. The molecule has 1 saturated carbocycles. The van der Waals surface area contributed by atoms with Crippen molar-refractivity contribution in [2.24, 2.45) is 5.41 Å². The minimum Gasteiger partial charge on any atom is -0.344 e. The number of carbonyl (C=O) groups excluding carboxylic acids is 1. The molecule has 1 aromatic rings. The number of rotatable bonds is 4. The zero-order valence-electron chi connectivity index (χ0n) is 11.3. The van der Waals surface area contributed by atoms with Crippen molar-refractivity contribution >= 4 is 5.91 Å². The summed E-state index contributed by atoms with van der Waals surface area (Å²) in [7, 11) is 1.79. The lowest BCUT2D eigenvalue weighted by atomic mass is 9.86. The van der Waals surface area contributed by atoms with Gasteiger partial charge in [0.05, 0.1) is 6.07 Å². The second kappa shape index (κ2) is 5.83. The van der Waals surface area contributed by atoms with Gasteiger partial charge in [-0.1, -0.05) is 12.8 Å². The van der Waals surface area contributed by atoms with Crippen molar-refractivity contribution in [2.45, 2.75) is 32.1 Å². The number of nitrogens with zero attached hydrogens (tertiary/aromatic N) is 3. The van der Waals surface area contributed by atoms with E-state index in [-0.39, 0.29) is 5.91 Å². The SMILES string of the molecule is CN(CCc1ccncc1)C(=O)C1(C#N)CCCC1. The van der Waals surface area contributed by atoms with E-state index >= 15 is 0 Å². The molecule has 0 aliphatic heterocycles. The summed E-state index contributed by atoms with van der Waals surface area (Å²) in [6.07, 6.45) is 7.70. The molecule has 19 heavy (non-hydrogen) atoms.